The van der Waals surface area contributed by atoms with E-state index in [0.717, 1.165) is 39.3 Å². The van der Waals surface area contributed by atoms with Gasteiger partial charge in [0.25, 0.3) is 0 Å². The Bertz CT molecular complexity index is 61.1. The highest BCUT2D eigenvalue weighted by atomic mass is 16.5. The number of hydrogen-bond acceptors (Lipinski definition) is 3. The fourth-order valence-corrected chi connectivity index (χ4v) is 0.729. The SMILES string of the molecule is CCCOCCNCCNC. The molecule has 0 saturated heterocycles. The molecule has 11 heavy (non-hydrogen) atoms. The van der Waals surface area contributed by atoms with E-state index in [2.05, 4.69) is 17.6 Å². The minimum absolute atomic E-state index is 0.831. The van der Waals surface area contributed by atoms with Crippen LogP contribution >= 0.6 is 0 Å². The molecule has 0 aromatic heterocycles. The summed E-state index contributed by atoms with van der Waals surface area (Å²) in [5.74, 6) is 0. The Morgan fingerprint density at radius 2 is 1.91 bits per heavy atom. The van der Waals surface area contributed by atoms with E-state index in [1.807, 2.05) is 7.05 Å². The van der Waals surface area contributed by atoms with Gasteiger partial charge in [-0.2, -0.15) is 0 Å². The highest BCUT2D eigenvalue weighted by molar-refractivity contribution is 4.47. The smallest absolute Gasteiger partial charge is 0.0590 e. The highest BCUT2D eigenvalue weighted by Crippen LogP contribution is 1.77. The fraction of sp³-hybridized carbons (Fsp3) is 1.00. The van der Waals surface area contributed by atoms with Crippen molar-refractivity contribution < 1.29 is 4.74 Å². The minimum Gasteiger partial charge on any atom is -0.380 e. The van der Waals surface area contributed by atoms with Gasteiger partial charge in [-0.1, -0.05) is 6.92 Å². The first-order valence-corrected chi connectivity index (χ1v) is 4.35. The van der Waals surface area contributed by atoms with Crippen molar-refractivity contribution in [1.82, 2.24) is 10.6 Å². The van der Waals surface area contributed by atoms with Gasteiger partial charge in [0.1, 0.15) is 0 Å². The number of nitrogens with one attached hydrogen (secondary N) is 2. The second kappa shape index (κ2) is 9.88. The van der Waals surface area contributed by atoms with E-state index in [9.17, 15) is 0 Å². The zero-order chi connectivity index (χ0) is 8.36. The van der Waals surface area contributed by atoms with Crippen LogP contribution in [0.4, 0.5) is 0 Å². The normalized spacial score (nSPS) is 10.4. The van der Waals surface area contributed by atoms with Crippen molar-refractivity contribution in [1.29, 1.82) is 0 Å². The standard InChI is InChI=1S/C8H20N2O/c1-3-7-11-8-6-10-5-4-9-2/h9-10H,3-8H2,1-2H3. The lowest BCUT2D eigenvalue weighted by molar-refractivity contribution is 0.137. The lowest BCUT2D eigenvalue weighted by Crippen LogP contribution is -2.27. The predicted molar refractivity (Wildman–Crippen MR) is 47.9 cm³/mol. The van der Waals surface area contributed by atoms with Crippen LogP contribution in [0, 0.1) is 0 Å². The van der Waals surface area contributed by atoms with Crippen LogP contribution < -0.4 is 10.6 Å². The summed E-state index contributed by atoms with van der Waals surface area (Å²) in [6.07, 6.45) is 1.11. The van der Waals surface area contributed by atoms with Crippen molar-refractivity contribution in [3.8, 4) is 0 Å². The molecule has 0 fully saturated rings. The molecular formula is C8H20N2O. The summed E-state index contributed by atoms with van der Waals surface area (Å²) in [7, 11) is 1.95. The third-order valence-electron chi connectivity index (χ3n) is 1.32. The molecule has 0 aliphatic heterocycles. The van der Waals surface area contributed by atoms with Gasteiger partial charge in [-0.05, 0) is 13.5 Å². The molecule has 0 heterocycles. The quantitative estimate of drug-likeness (QED) is 0.498. The van der Waals surface area contributed by atoms with E-state index in [4.69, 9.17) is 4.74 Å². The molecule has 2 N–H and O–H groups in total. The maximum atomic E-state index is 5.28. The number of hydrogen-bond donors (Lipinski definition) is 2. The average molecular weight is 160 g/mol. The first kappa shape index (κ1) is 10.9. The predicted octanol–water partition coefficient (Wildman–Crippen LogP) is 0.222. The van der Waals surface area contributed by atoms with Crippen LogP contribution in [0.1, 0.15) is 13.3 Å². The maximum Gasteiger partial charge on any atom is 0.0590 e. The van der Waals surface area contributed by atoms with E-state index in [-0.39, 0.29) is 0 Å². The first-order valence-electron chi connectivity index (χ1n) is 4.35. The van der Waals surface area contributed by atoms with Gasteiger partial charge in [-0.25, -0.2) is 0 Å². The molecule has 0 atom stereocenters. The third kappa shape index (κ3) is 9.88. The Labute approximate surface area is 69.5 Å². The summed E-state index contributed by atoms with van der Waals surface area (Å²) in [5.41, 5.74) is 0. The molecule has 0 radical (unpaired) electrons. The Balaban J connectivity index is 2.69. The lowest BCUT2D eigenvalue weighted by atomic mass is 10.5. The van der Waals surface area contributed by atoms with Crippen LogP contribution in [0.2, 0.25) is 0 Å². The van der Waals surface area contributed by atoms with E-state index < -0.39 is 0 Å². The Kier molecular flexibility index (Phi) is 9.77. The monoisotopic (exact) mass is 160 g/mol. The summed E-state index contributed by atoms with van der Waals surface area (Å²) in [6, 6.07) is 0. The van der Waals surface area contributed by atoms with Gasteiger partial charge >= 0.3 is 0 Å². The lowest BCUT2D eigenvalue weighted by Gasteiger charge is -2.04. The molecule has 0 aliphatic carbocycles. The van der Waals surface area contributed by atoms with Crippen LogP contribution in [0.15, 0.2) is 0 Å². The summed E-state index contributed by atoms with van der Waals surface area (Å²) in [6.45, 7) is 6.83. The van der Waals surface area contributed by atoms with Gasteiger partial charge < -0.3 is 15.4 Å². The Morgan fingerprint density at radius 1 is 1.09 bits per heavy atom. The minimum atomic E-state index is 0.831. The van der Waals surface area contributed by atoms with E-state index >= 15 is 0 Å². The fourth-order valence-electron chi connectivity index (χ4n) is 0.729. The van der Waals surface area contributed by atoms with Crippen molar-refractivity contribution in [2.75, 3.05) is 39.9 Å². The zero-order valence-corrected chi connectivity index (χ0v) is 7.65. The van der Waals surface area contributed by atoms with Crippen molar-refractivity contribution >= 4 is 0 Å². The summed E-state index contributed by atoms with van der Waals surface area (Å²) in [5, 5.41) is 6.32. The maximum absolute atomic E-state index is 5.28. The number of likely N-dealkylation sites (N-methyl/N-ethyl adjacent to an activating group) is 1. The van der Waals surface area contributed by atoms with Crippen molar-refractivity contribution in [2.24, 2.45) is 0 Å². The molecule has 0 aromatic rings. The molecule has 0 saturated carbocycles. The van der Waals surface area contributed by atoms with E-state index in [0.29, 0.717) is 0 Å². The summed E-state index contributed by atoms with van der Waals surface area (Å²) in [4.78, 5) is 0. The third-order valence-corrected chi connectivity index (χ3v) is 1.32. The molecule has 68 valence electrons. The van der Waals surface area contributed by atoms with Crippen molar-refractivity contribution in [3.05, 3.63) is 0 Å². The van der Waals surface area contributed by atoms with Gasteiger partial charge in [-0.3, -0.25) is 0 Å². The van der Waals surface area contributed by atoms with Crippen LogP contribution in [-0.2, 0) is 4.74 Å². The Morgan fingerprint density at radius 3 is 2.55 bits per heavy atom. The topological polar surface area (TPSA) is 33.3 Å². The van der Waals surface area contributed by atoms with Gasteiger partial charge in [0.2, 0.25) is 0 Å². The molecule has 0 unspecified atom stereocenters. The Hall–Kier alpha value is -0.120. The second-order valence-corrected chi connectivity index (χ2v) is 2.47. The van der Waals surface area contributed by atoms with Crippen molar-refractivity contribution in [3.63, 3.8) is 0 Å². The van der Waals surface area contributed by atoms with E-state index in [1.54, 1.807) is 0 Å². The highest BCUT2D eigenvalue weighted by Gasteiger charge is 1.85. The van der Waals surface area contributed by atoms with Crippen LogP contribution in [0.5, 0.6) is 0 Å². The molecular weight excluding hydrogens is 140 g/mol. The van der Waals surface area contributed by atoms with Gasteiger partial charge in [0, 0.05) is 26.2 Å². The molecule has 0 bridgehead atoms. The summed E-state index contributed by atoms with van der Waals surface area (Å²) < 4.78 is 5.28. The van der Waals surface area contributed by atoms with E-state index in [1.165, 1.54) is 0 Å². The molecule has 0 amide bonds. The first-order chi connectivity index (χ1) is 5.41. The molecule has 0 aromatic carbocycles. The largest absolute Gasteiger partial charge is 0.380 e. The van der Waals surface area contributed by atoms with Crippen LogP contribution in [-0.4, -0.2) is 39.9 Å². The average Bonchev–Trinajstić information content (AvgIpc) is 2.03. The van der Waals surface area contributed by atoms with Crippen molar-refractivity contribution in [2.45, 2.75) is 13.3 Å². The van der Waals surface area contributed by atoms with Crippen LogP contribution in [0.3, 0.4) is 0 Å². The molecule has 0 aliphatic rings. The molecule has 0 spiro atoms. The van der Waals surface area contributed by atoms with Gasteiger partial charge in [0.15, 0.2) is 0 Å². The van der Waals surface area contributed by atoms with Gasteiger partial charge in [-0.15, -0.1) is 0 Å². The number of ether oxygens (including phenoxy) is 1. The number of rotatable bonds is 8. The van der Waals surface area contributed by atoms with Crippen LogP contribution in [0.25, 0.3) is 0 Å². The second-order valence-electron chi connectivity index (χ2n) is 2.47. The molecule has 3 heteroatoms. The van der Waals surface area contributed by atoms with Gasteiger partial charge in [0.05, 0.1) is 6.61 Å². The molecule has 3 nitrogen and oxygen atoms in total. The summed E-state index contributed by atoms with van der Waals surface area (Å²) >= 11 is 0. The zero-order valence-electron chi connectivity index (χ0n) is 7.65. The molecule has 0 rings (SSSR count).